The zero-order chi connectivity index (χ0) is 15.0. The van der Waals surface area contributed by atoms with E-state index in [0.29, 0.717) is 17.1 Å². The molecule has 0 unspecified atom stereocenters. The van der Waals surface area contributed by atoms with Crippen LogP contribution >= 0.6 is 0 Å². The van der Waals surface area contributed by atoms with Crippen molar-refractivity contribution >= 4 is 11.9 Å². The number of pyridine rings is 1. The highest BCUT2D eigenvalue weighted by molar-refractivity contribution is 6.06. The molecule has 1 atom stereocenters. The van der Waals surface area contributed by atoms with Crippen molar-refractivity contribution in [1.29, 1.82) is 0 Å². The van der Waals surface area contributed by atoms with Crippen molar-refractivity contribution in [2.24, 2.45) is 0 Å². The molecule has 3 amide bonds. The molecule has 21 heavy (non-hydrogen) atoms. The van der Waals surface area contributed by atoms with E-state index in [0.717, 1.165) is 4.90 Å². The van der Waals surface area contributed by atoms with Gasteiger partial charge in [-0.25, -0.2) is 4.79 Å². The first-order valence-corrected chi connectivity index (χ1v) is 6.48. The molecule has 1 fully saturated rings. The number of amides is 3. The smallest absolute Gasteiger partial charge is 0.325 e. The number of hydrogen-bond donors (Lipinski definition) is 1. The van der Waals surface area contributed by atoms with E-state index in [4.69, 9.17) is 4.52 Å². The van der Waals surface area contributed by atoms with Gasteiger partial charge >= 0.3 is 6.03 Å². The van der Waals surface area contributed by atoms with Gasteiger partial charge < -0.3 is 9.84 Å². The first kappa shape index (κ1) is 13.3. The third-order valence-electron chi connectivity index (χ3n) is 3.45. The van der Waals surface area contributed by atoms with E-state index in [2.05, 4.69) is 15.5 Å². The average Bonchev–Trinajstić information content (AvgIpc) is 2.98. The number of urea groups is 1. The second-order valence-electron chi connectivity index (χ2n) is 5.09. The molecule has 0 saturated carbocycles. The number of nitrogens with zero attached hydrogens (tertiary/aromatic N) is 3. The highest BCUT2D eigenvalue weighted by Crippen LogP contribution is 2.28. The fourth-order valence-corrected chi connectivity index (χ4v) is 2.33. The van der Waals surface area contributed by atoms with Gasteiger partial charge in [-0.05, 0) is 26.0 Å². The van der Waals surface area contributed by atoms with Gasteiger partial charge in [0.05, 0.1) is 12.2 Å². The Morgan fingerprint density at radius 1 is 1.38 bits per heavy atom. The minimum atomic E-state index is -1.16. The van der Waals surface area contributed by atoms with Crippen molar-refractivity contribution in [2.45, 2.75) is 25.9 Å². The van der Waals surface area contributed by atoms with E-state index in [1.165, 1.54) is 0 Å². The van der Waals surface area contributed by atoms with Crippen LogP contribution in [0.5, 0.6) is 0 Å². The van der Waals surface area contributed by atoms with E-state index in [9.17, 15) is 9.59 Å². The molecule has 0 bridgehead atoms. The maximum absolute atomic E-state index is 12.6. The van der Waals surface area contributed by atoms with Crippen molar-refractivity contribution in [3.63, 3.8) is 0 Å². The Morgan fingerprint density at radius 2 is 2.19 bits per heavy atom. The summed E-state index contributed by atoms with van der Waals surface area (Å²) in [7, 11) is 0. The van der Waals surface area contributed by atoms with Gasteiger partial charge in [0.2, 0.25) is 0 Å². The average molecular weight is 286 g/mol. The highest BCUT2D eigenvalue weighted by atomic mass is 16.5. The maximum Gasteiger partial charge on any atom is 0.325 e. The van der Waals surface area contributed by atoms with Gasteiger partial charge in [-0.3, -0.25) is 14.7 Å². The van der Waals surface area contributed by atoms with E-state index in [1.54, 1.807) is 44.3 Å². The third-order valence-corrected chi connectivity index (χ3v) is 3.45. The molecule has 1 aliphatic heterocycles. The van der Waals surface area contributed by atoms with Gasteiger partial charge in [0, 0.05) is 12.3 Å². The summed E-state index contributed by atoms with van der Waals surface area (Å²) < 4.78 is 4.95. The molecular formula is C14H14N4O3. The minimum Gasteiger partial charge on any atom is -0.361 e. The molecule has 0 spiro atoms. The third kappa shape index (κ3) is 2.16. The Kier molecular flexibility index (Phi) is 2.97. The Balaban J connectivity index is 1.88. The standard InChI is InChI=1S/C14H14N4O3/c1-9-7-10(17-21-9)8-18-12(19)14(2,16-13(18)20)11-5-3-4-6-15-11/h3-7H,8H2,1-2H3,(H,16,20)/t14-/m0/s1. The number of aryl methyl sites for hydroxylation is 1. The maximum atomic E-state index is 12.6. The van der Waals surface area contributed by atoms with Gasteiger partial charge in [-0.1, -0.05) is 11.2 Å². The molecule has 0 aliphatic carbocycles. The predicted molar refractivity (Wildman–Crippen MR) is 71.9 cm³/mol. The molecule has 2 aromatic rings. The van der Waals surface area contributed by atoms with Crippen molar-refractivity contribution in [3.05, 3.63) is 47.6 Å². The van der Waals surface area contributed by atoms with Crippen molar-refractivity contribution < 1.29 is 14.1 Å². The SMILES string of the molecule is Cc1cc(CN2C(=O)N[C@@](C)(c3ccccn3)C2=O)no1. The number of carbonyl (C=O) groups is 2. The number of aromatic nitrogens is 2. The molecule has 3 rings (SSSR count). The predicted octanol–water partition coefficient (Wildman–Crippen LogP) is 1.35. The summed E-state index contributed by atoms with van der Waals surface area (Å²) in [5.74, 6) is 0.274. The van der Waals surface area contributed by atoms with E-state index < -0.39 is 11.6 Å². The summed E-state index contributed by atoms with van der Waals surface area (Å²) >= 11 is 0. The Labute approximate surface area is 120 Å². The minimum absolute atomic E-state index is 0.0738. The Bertz CT molecular complexity index is 697. The lowest BCUT2D eigenvalue weighted by Gasteiger charge is -2.20. The molecule has 0 aromatic carbocycles. The highest BCUT2D eigenvalue weighted by Gasteiger charge is 2.50. The second kappa shape index (κ2) is 4.69. The second-order valence-corrected chi connectivity index (χ2v) is 5.09. The lowest BCUT2D eigenvalue weighted by molar-refractivity contribution is -0.131. The first-order chi connectivity index (χ1) is 10.0. The zero-order valence-electron chi connectivity index (χ0n) is 11.7. The summed E-state index contributed by atoms with van der Waals surface area (Å²) in [5.41, 5.74) is -0.125. The number of imide groups is 1. The zero-order valence-corrected chi connectivity index (χ0v) is 11.7. The van der Waals surface area contributed by atoms with Crippen LogP contribution in [0.4, 0.5) is 4.79 Å². The van der Waals surface area contributed by atoms with Gasteiger partial charge in [0.15, 0.2) is 5.54 Å². The van der Waals surface area contributed by atoms with Crippen LogP contribution < -0.4 is 5.32 Å². The van der Waals surface area contributed by atoms with Gasteiger partial charge in [-0.2, -0.15) is 0 Å². The topological polar surface area (TPSA) is 88.3 Å². The van der Waals surface area contributed by atoms with Crippen LogP contribution in [0.2, 0.25) is 0 Å². The summed E-state index contributed by atoms with van der Waals surface area (Å²) in [5, 5.41) is 6.49. The monoisotopic (exact) mass is 286 g/mol. The molecule has 1 saturated heterocycles. The fourth-order valence-electron chi connectivity index (χ4n) is 2.33. The number of carbonyl (C=O) groups excluding carboxylic acids is 2. The largest absolute Gasteiger partial charge is 0.361 e. The molecular weight excluding hydrogens is 272 g/mol. The Morgan fingerprint density at radius 3 is 2.81 bits per heavy atom. The van der Waals surface area contributed by atoms with Crippen LogP contribution in [0.15, 0.2) is 35.0 Å². The van der Waals surface area contributed by atoms with Crippen molar-refractivity contribution in [2.75, 3.05) is 0 Å². The van der Waals surface area contributed by atoms with Gasteiger partial charge in [0.1, 0.15) is 11.5 Å². The summed E-state index contributed by atoms with van der Waals surface area (Å²) in [6.07, 6.45) is 1.59. The molecule has 1 N–H and O–H groups in total. The normalized spacial score (nSPS) is 21.7. The van der Waals surface area contributed by atoms with Crippen LogP contribution in [0.25, 0.3) is 0 Å². The fraction of sp³-hybridized carbons (Fsp3) is 0.286. The summed E-state index contributed by atoms with van der Waals surface area (Å²) in [4.78, 5) is 30.0. The van der Waals surface area contributed by atoms with E-state index >= 15 is 0 Å². The quantitative estimate of drug-likeness (QED) is 0.860. The first-order valence-electron chi connectivity index (χ1n) is 6.48. The summed E-state index contributed by atoms with van der Waals surface area (Å²) in [6, 6.07) is 6.47. The van der Waals surface area contributed by atoms with Crippen LogP contribution in [0, 0.1) is 6.92 Å². The summed E-state index contributed by atoms with van der Waals surface area (Å²) in [6.45, 7) is 3.47. The van der Waals surface area contributed by atoms with Crippen molar-refractivity contribution in [1.82, 2.24) is 20.4 Å². The number of rotatable bonds is 3. The molecule has 7 nitrogen and oxygen atoms in total. The molecule has 0 radical (unpaired) electrons. The van der Waals surface area contributed by atoms with E-state index in [-0.39, 0.29) is 12.5 Å². The van der Waals surface area contributed by atoms with E-state index in [1.807, 2.05) is 0 Å². The molecule has 3 heterocycles. The van der Waals surface area contributed by atoms with Crippen LogP contribution in [-0.4, -0.2) is 27.0 Å². The van der Waals surface area contributed by atoms with Crippen LogP contribution in [-0.2, 0) is 16.9 Å². The Hall–Kier alpha value is -2.70. The van der Waals surface area contributed by atoms with Crippen molar-refractivity contribution in [3.8, 4) is 0 Å². The van der Waals surface area contributed by atoms with Crippen LogP contribution in [0.3, 0.4) is 0 Å². The van der Waals surface area contributed by atoms with Gasteiger partial charge in [0.25, 0.3) is 5.91 Å². The molecule has 1 aliphatic rings. The molecule has 7 heteroatoms. The van der Waals surface area contributed by atoms with Crippen LogP contribution in [0.1, 0.15) is 24.1 Å². The molecule has 108 valence electrons. The lowest BCUT2D eigenvalue weighted by atomic mass is 9.97. The lowest BCUT2D eigenvalue weighted by Crippen LogP contribution is -2.41. The van der Waals surface area contributed by atoms with Gasteiger partial charge in [-0.15, -0.1) is 0 Å². The molecule has 2 aromatic heterocycles. The number of hydrogen-bond acceptors (Lipinski definition) is 5. The number of nitrogens with one attached hydrogen (secondary N) is 1.